The second-order valence-corrected chi connectivity index (χ2v) is 7.16. The number of benzene rings is 1. The molecule has 1 aromatic carbocycles. The largest absolute Gasteiger partial charge is 0.477 e. The third-order valence-corrected chi connectivity index (χ3v) is 5.32. The molecule has 0 amide bonds. The zero-order valence-electron chi connectivity index (χ0n) is 10.3. The Morgan fingerprint density at radius 3 is 2.60 bits per heavy atom. The van der Waals surface area contributed by atoms with E-state index in [9.17, 15) is 13.2 Å². The van der Waals surface area contributed by atoms with Crippen LogP contribution in [0.3, 0.4) is 0 Å². The van der Waals surface area contributed by atoms with E-state index in [0.29, 0.717) is 10.6 Å². The summed E-state index contributed by atoms with van der Waals surface area (Å²) >= 11 is 6.63. The molecule has 2 aromatic rings. The number of thiophene rings is 1. The van der Waals surface area contributed by atoms with Gasteiger partial charge in [0, 0.05) is 5.02 Å². The molecule has 0 radical (unpaired) electrons. The predicted octanol–water partition coefficient (Wildman–Crippen LogP) is 3.21. The molecular formula is C12H10ClNO4S2. The van der Waals surface area contributed by atoms with Gasteiger partial charge in [-0.3, -0.25) is 4.72 Å². The van der Waals surface area contributed by atoms with Crippen molar-refractivity contribution in [2.45, 2.75) is 11.8 Å². The summed E-state index contributed by atoms with van der Waals surface area (Å²) in [6.45, 7) is 1.61. The number of hydrogen-bond donors (Lipinski definition) is 2. The zero-order valence-corrected chi connectivity index (χ0v) is 12.6. The van der Waals surface area contributed by atoms with Crippen molar-refractivity contribution in [1.29, 1.82) is 0 Å². The molecule has 0 aliphatic carbocycles. The lowest BCUT2D eigenvalue weighted by Gasteiger charge is -2.05. The lowest BCUT2D eigenvalue weighted by Crippen LogP contribution is -2.11. The molecule has 8 heteroatoms. The topological polar surface area (TPSA) is 83.5 Å². The van der Waals surface area contributed by atoms with E-state index < -0.39 is 16.0 Å². The van der Waals surface area contributed by atoms with Gasteiger partial charge in [-0.25, -0.2) is 13.2 Å². The molecule has 0 saturated carbocycles. The summed E-state index contributed by atoms with van der Waals surface area (Å²) in [5.74, 6) is -1.08. The van der Waals surface area contributed by atoms with Crippen LogP contribution in [0.15, 0.2) is 35.2 Å². The molecule has 1 heterocycles. The number of anilines is 1. The fraction of sp³-hybridized carbons (Fsp3) is 0.0833. The van der Waals surface area contributed by atoms with Crippen LogP contribution in [0.2, 0.25) is 5.02 Å². The normalized spacial score (nSPS) is 11.3. The Morgan fingerprint density at radius 2 is 2.05 bits per heavy atom. The maximum Gasteiger partial charge on any atom is 0.346 e. The molecule has 5 nitrogen and oxygen atoms in total. The number of aromatic carboxylic acids is 1. The Balaban J connectivity index is 2.34. The van der Waals surface area contributed by atoms with Gasteiger partial charge in [0.05, 0.1) is 4.90 Å². The molecule has 0 aliphatic rings. The second-order valence-electron chi connectivity index (χ2n) is 3.99. The number of carboxylic acid groups (broad SMARTS) is 1. The van der Waals surface area contributed by atoms with Crippen LogP contribution >= 0.6 is 22.9 Å². The van der Waals surface area contributed by atoms with Crippen molar-refractivity contribution in [1.82, 2.24) is 0 Å². The molecule has 20 heavy (non-hydrogen) atoms. The standard InChI is InChI=1S/C12H10ClNO4S2/c1-7-5-10(19-11(7)12(15)16)14-20(17,18)9-4-2-3-8(13)6-9/h2-6,14H,1H3,(H,15,16). The van der Waals surface area contributed by atoms with E-state index in [-0.39, 0.29) is 14.8 Å². The first-order valence-electron chi connectivity index (χ1n) is 5.42. The van der Waals surface area contributed by atoms with Crippen LogP contribution < -0.4 is 4.72 Å². The van der Waals surface area contributed by atoms with Gasteiger partial charge >= 0.3 is 5.97 Å². The summed E-state index contributed by atoms with van der Waals surface area (Å²) in [6.07, 6.45) is 0. The van der Waals surface area contributed by atoms with Gasteiger partial charge in [-0.05, 0) is 36.8 Å². The van der Waals surface area contributed by atoms with E-state index in [1.165, 1.54) is 24.3 Å². The molecular weight excluding hydrogens is 322 g/mol. The maximum atomic E-state index is 12.1. The molecule has 0 spiro atoms. The second kappa shape index (κ2) is 5.43. The minimum atomic E-state index is -3.78. The third kappa shape index (κ3) is 3.12. The zero-order chi connectivity index (χ0) is 14.9. The van der Waals surface area contributed by atoms with Gasteiger partial charge in [0.25, 0.3) is 10.0 Å². The summed E-state index contributed by atoms with van der Waals surface area (Å²) in [5, 5.41) is 9.50. The minimum absolute atomic E-state index is 0.0212. The number of carboxylic acids is 1. The highest BCUT2D eigenvalue weighted by molar-refractivity contribution is 7.93. The lowest BCUT2D eigenvalue weighted by molar-refractivity contribution is 0.0701. The van der Waals surface area contributed by atoms with E-state index in [1.807, 2.05) is 0 Å². The van der Waals surface area contributed by atoms with Gasteiger partial charge in [-0.1, -0.05) is 17.7 Å². The molecule has 0 aliphatic heterocycles. The van der Waals surface area contributed by atoms with Gasteiger partial charge < -0.3 is 5.11 Å². The predicted molar refractivity (Wildman–Crippen MR) is 78.3 cm³/mol. The molecule has 0 atom stereocenters. The summed E-state index contributed by atoms with van der Waals surface area (Å²) < 4.78 is 26.6. The SMILES string of the molecule is Cc1cc(NS(=O)(=O)c2cccc(Cl)c2)sc1C(=O)O. The first-order chi connectivity index (χ1) is 9.29. The average Bonchev–Trinajstić information content (AvgIpc) is 2.69. The minimum Gasteiger partial charge on any atom is -0.477 e. The van der Waals surface area contributed by atoms with Crippen LogP contribution in [0.1, 0.15) is 15.2 Å². The van der Waals surface area contributed by atoms with Gasteiger partial charge in [-0.15, -0.1) is 11.3 Å². The molecule has 0 fully saturated rings. The highest BCUT2D eigenvalue weighted by Crippen LogP contribution is 2.29. The van der Waals surface area contributed by atoms with Gasteiger partial charge in [0.2, 0.25) is 0 Å². The van der Waals surface area contributed by atoms with Crippen molar-refractivity contribution >= 4 is 43.9 Å². The van der Waals surface area contributed by atoms with Crippen molar-refractivity contribution in [2.75, 3.05) is 4.72 Å². The van der Waals surface area contributed by atoms with Crippen LogP contribution in [0, 0.1) is 6.92 Å². The Kier molecular flexibility index (Phi) is 4.03. The highest BCUT2D eigenvalue weighted by Gasteiger charge is 2.18. The quantitative estimate of drug-likeness (QED) is 0.901. The molecule has 2 rings (SSSR count). The fourth-order valence-corrected chi connectivity index (χ4v) is 4.07. The highest BCUT2D eigenvalue weighted by atomic mass is 35.5. The Labute approximate surface area is 124 Å². The molecule has 106 valence electrons. The van der Waals surface area contributed by atoms with E-state index in [1.54, 1.807) is 13.0 Å². The van der Waals surface area contributed by atoms with Gasteiger partial charge in [0.15, 0.2) is 0 Å². The number of hydrogen-bond acceptors (Lipinski definition) is 4. The lowest BCUT2D eigenvalue weighted by atomic mass is 10.3. The third-order valence-electron chi connectivity index (χ3n) is 2.45. The first kappa shape index (κ1) is 14.8. The van der Waals surface area contributed by atoms with E-state index >= 15 is 0 Å². The van der Waals surface area contributed by atoms with Crippen LogP contribution in [0.25, 0.3) is 0 Å². The molecule has 2 N–H and O–H groups in total. The fourth-order valence-electron chi connectivity index (χ4n) is 1.57. The first-order valence-corrected chi connectivity index (χ1v) is 8.09. The Bertz CT molecular complexity index is 768. The number of carbonyl (C=O) groups is 1. The summed E-state index contributed by atoms with van der Waals surface area (Å²) in [5.41, 5.74) is 0.506. The number of aryl methyl sites for hydroxylation is 1. The van der Waals surface area contributed by atoms with Crippen LogP contribution in [-0.4, -0.2) is 19.5 Å². The summed E-state index contributed by atoms with van der Waals surface area (Å²) in [4.78, 5) is 11.1. The molecule has 1 aromatic heterocycles. The number of halogens is 1. The van der Waals surface area contributed by atoms with Crippen LogP contribution in [-0.2, 0) is 10.0 Å². The van der Waals surface area contributed by atoms with Gasteiger partial charge in [-0.2, -0.15) is 0 Å². The number of rotatable bonds is 4. The number of nitrogens with one attached hydrogen (secondary N) is 1. The Hall–Kier alpha value is -1.57. The van der Waals surface area contributed by atoms with Crippen molar-refractivity contribution < 1.29 is 18.3 Å². The maximum absolute atomic E-state index is 12.1. The van der Waals surface area contributed by atoms with E-state index in [4.69, 9.17) is 16.7 Å². The average molecular weight is 332 g/mol. The van der Waals surface area contributed by atoms with E-state index in [0.717, 1.165) is 11.3 Å². The van der Waals surface area contributed by atoms with Crippen molar-refractivity contribution in [3.63, 3.8) is 0 Å². The number of sulfonamides is 1. The smallest absolute Gasteiger partial charge is 0.346 e. The Morgan fingerprint density at radius 1 is 1.35 bits per heavy atom. The summed E-state index contributed by atoms with van der Waals surface area (Å²) in [7, 11) is -3.78. The van der Waals surface area contributed by atoms with Crippen molar-refractivity contribution in [2.24, 2.45) is 0 Å². The molecule has 0 saturated heterocycles. The monoisotopic (exact) mass is 331 g/mol. The molecule has 0 unspecified atom stereocenters. The van der Waals surface area contributed by atoms with E-state index in [2.05, 4.69) is 4.72 Å². The van der Waals surface area contributed by atoms with Gasteiger partial charge in [0.1, 0.15) is 9.88 Å². The van der Waals surface area contributed by atoms with Crippen molar-refractivity contribution in [3.8, 4) is 0 Å². The van der Waals surface area contributed by atoms with Crippen molar-refractivity contribution in [3.05, 3.63) is 45.8 Å². The van der Waals surface area contributed by atoms with Crippen LogP contribution in [0.4, 0.5) is 5.00 Å². The molecule has 0 bridgehead atoms. The van der Waals surface area contributed by atoms with Crippen LogP contribution in [0.5, 0.6) is 0 Å². The summed E-state index contributed by atoms with van der Waals surface area (Å²) in [6, 6.07) is 7.31.